The van der Waals surface area contributed by atoms with E-state index in [1.165, 1.54) is 0 Å². The van der Waals surface area contributed by atoms with E-state index >= 15 is 0 Å². The molecule has 1 saturated carbocycles. The summed E-state index contributed by atoms with van der Waals surface area (Å²) in [7, 11) is 0. The van der Waals surface area contributed by atoms with E-state index < -0.39 is 5.97 Å². The molecule has 1 heterocycles. The molecule has 1 saturated heterocycles. The Balaban J connectivity index is 1.74. The smallest absolute Gasteiger partial charge is 0.303 e. The molecule has 112 valence electrons. The number of carbonyl (C=O) groups is 2. The van der Waals surface area contributed by atoms with E-state index in [9.17, 15) is 9.59 Å². The fourth-order valence-electron chi connectivity index (χ4n) is 3.65. The lowest BCUT2D eigenvalue weighted by Gasteiger charge is -2.43. The number of carbonyl (C=O) groups excluding carboxylic acids is 1. The zero-order valence-electron chi connectivity index (χ0n) is 12.1. The molecule has 0 aromatic heterocycles. The van der Waals surface area contributed by atoms with Gasteiger partial charge in [-0.05, 0) is 30.7 Å². The molecule has 1 aliphatic heterocycles. The summed E-state index contributed by atoms with van der Waals surface area (Å²) in [6.45, 7) is 1.30. The van der Waals surface area contributed by atoms with Gasteiger partial charge in [-0.25, -0.2) is 0 Å². The van der Waals surface area contributed by atoms with Crippen molar-refractivity contribution in [3.8, 4) is 0 Å². The van der Waals surface area contributed by atoms with Crippen LogP contribution in [0.15, 0.2) is 30.3 Å². The van der Waals surface area contributed by atoms with Crippen LogP contribution in [-0.4, -0.2) is 35.0 Å². The molecule has 1 unspecified atom stereocenters. The van der Waals surface area contributed by atoms with E-state index in [0.717, 1.165) is 31.2 Å². The maximum absolute atomic E-state index is 13.0. The first-order chi connectivity index (χ1) is 10.1. The second kappa shape index (κ2) is 5.51. The number of carboxylic acid groups (broad SMARTS) is 1. The Kier molecular flexibility index (Phi) is 3.70. The summed E-state index contributed by atoms with van der Waals surface area (Å²) in [5.41, 5.74) is 0.766. The van der Waals surface area contributed by atoms with Crippen molar-refractivity contribution >= 4 is 11.9 Å². The minimum Gasteiger partial charge on any atom is -0.481 e. The maximum Gasteiger partial charge on any atom is 0.303 e. The first kappa shape index (κ1) is 14.1. The lowest BCUT2D eigenvalue weighted by atomic mass is 9.63. The van der Waals surface area contributed by atoms with Gasteiger partial charge in [0.25, 0.3) is 0 Å². The Labute approximate surface area is 124 Å². The van der Waals surface area contributed by atoms with Crippen LogP contribution in [0, 0.1) is 5.92 Å². The first-order valence-electron chi connectivity index (χ1n) is 7.68. The molecule has 4 nitrogen and oxygen atoms in total. The highest BCUT2D eigenvalue weighted by molar-refractivity contribution is 5.89. The third kappa shape index (κ3) is 2.55. The summed E-state index contributed by atoms with van der Waals surface area (Å²) in [6.07, 6.45) is 3.89. The Bertz CT molecular complexity index is 536. The van der Waals surface area contributed by atoms with Crippen LogP contribution >= 0.6 is 0 Å². The molecule has 1 aromatic carbocycles. The van der Waals surface area contributed by atoms with Crippen molar-refractivity contribution in [2.24, 2.45) is 5.92 Å². The lowest BCUT2D eigenvalue weighted by molar-refractivity contribution is -0.141. The third-order valence-electron chi connectivity index (χ3n) is 4.98. The van der Waals surface area contributed by atoms with Crippen LogP contribution < -0.4 is 0 Å². The standard InChI is InChI=1S/C17H21NO3/c19-15(20)11-13-7-10-18(12-13)16(21)17(8-4-9-17)14-5-2-1-3-6-14/h1-3,5-6,13H,4,7-12H2,(H,19,20). The zero-order valence-corrected chi connectivity index (χ0v) is 12.1. The minimum absolute atomic E-state index is 0.111. The number of likely N-dealkylation sites (tertiary alicyclic amines) is 1. The van der Waals surface area contributed by atoms with Gasteiger partial charge in [0.15, 0.2) is 0 Å². The summed E-state index contributed by atoms with van der Waals surface area (Å²) in [4.78, 5) is 25.7. The largest absolute Gasteiger partial charge is 0.481 e. The zero-order chi connectivity index (χ0) is 14.9. The third-order valence-corrected chi connectivity index (χ3v) is 4.98. The maximum atomic E-state index is 13.0. The Morgan fingerprint density at radius 2 is 1.95 bits per heavy atom. The number of carboxylic acids is 1. The molecule has 4 heteroatoms. The van der Waals surface area contributed by atoms with Gasteiger partial charge >= 0.3 is 5.97 Å². The van der Waals surface area contributed by atoms with Crippen molar-refractivity contribution < 1.29 is 14.7 Å². The van der Waals surface area contributed by atoms with Crippen molar-refractivity contribution in [3.63, 3.8) is 0 Å². The van der Waals surface area contributed by atoms with Crippen LogP contribution in [0.3, 0.4) is 0 Å². The van der Waals surface area contributed by atoms with E-state index in [0.29, 0.717) is 13.1 Å². The first-order valence-corrected chi connectivity index (χ1v) is 7.68. The average Bonchev–Trinajstić information content (AvgIpc) is 2.86. The number of benzene rings is 1. The summed E-state index contributed by atoms with van der Waals surface area (Å²) in [6, 6.07) is 10.0. The van der Waals surface area contributed by atoms with Crippen molar-refractivity contribution in [3.05, 3.63) is 35.9 Å². The van der Waals surface area contributed by atoms with Crippen LogP contribution in [0.1, 0.15) is 37.7 Å². The van der Waals surface area contributed by atoms with E-state index in [1.54, 1.807) is 0 Å². The Morgan fingerprint density at radius 3 is 2.52 bits per heavy atom. The number of rotatable bonds is 4. The number of amides is 1. The van der Waals surface area contributed by atoms with Gasteiger partial charge < -0.3 is 10.0 Å². The van der Waals surface area contributed by atoms with Gasteiger partial charge in [0.2, 0.25) is 5.91 Å². The normalized spacial score (nSPS) is 23.6. The molecule has 21 heavy (non-hydrogen) atoms. The van der Waals surface area contributed by atoms with Gasteiger partial charge in [-0.15, -0.1) is 0 Å². The molecular formula is C17H21NO3. The topological polar surface area (TPSA) is 57.6 Å². The predicted octanol–water partition coefficient (Wildman–Crippen LogP) is 2.43. The van der Waals surface area contributed by atoms with E-state index in [1.807, 2.05) is 35.2 Å². The molecule has 1 aliphatic carbocycles. The minimum atomic E-state index is -0.768. The number of hydrogen-bond donors (Lipinski definition) is 1. The summed E-state index contributed by atoms with van der Waals surface area (Å²) in [5, 5.41) is 8.89. The molecule has 0 radical (unpaired) electrons. The van der Waals surface area contributed by atoms with Gasteiger partial charge in [-0.1, -0.05) is 36.8 Å². The van der Waals surface area contributed by atoms with Crippen molar-refractivity contribution in [1.29, 1.82) is 0 Å². The van der Waals surface area contributed by atoms with Gasteiger partial charge in [0.05, 0.1) is 5.41 Å². The van der Waals surface area contributed by atoms with Gasteiger partial charge in [-0.2, -0.15) is 0 Å². The van der Waals surface area contributed by atoms with Crippen molar-refractivity contribution in [2.45, 2.75) is 37.5 Å². The monoisotopic (exact) mass is 287 g/mol. The van der Waals surface area contributed by atoms with Gasteiger partial charge in [0, 0.05) is 19.5 Å². The molecule has 1 atom stereocenters. The second-order valence-corrected chi connectivity index (χ2v) is 6.31. The molecule has 3 rings (SSSR count). The number of hydrogen-bond acceptors (Lipinski definition) is 2. The Morgan fingerprint density at radius 1 is 1.24 bits per heavy atom. The number of nitrogens with zero attached hydrogens (tertiary/aromatic N) is 1. The summed E-state index contributed by atoms with van der Waals surface area (Å²) in [5.74, 6) is -0.456. The van der Waals surface area contributed by atoms with Crippen LogP contribution in [0.2, 0.25) is 0 Å². The predicted molar refractivity (Wildman–Crippen MR) is 78.9 cm³/mol. The number of aliphatic carboxylic acids is 1. The molecule has 1 N–H and O–H groups in total. The molecular weight excluding hydrogens is 266 g/mol. The summed E-state index contributed by atoms with van der Waals surface area (Å²) < 4.78 is 0. The van der Waals surface area contributed by atoms with Crippen molar-refractivity contribution in [2.75, 3.05) is 13.1 Å². The van der Waals surface area contributed by atoms with Crippen LogP contribution in [0.25, 0.3) is 0 Å². The fraction of sp³-hybridized carbons (Fsp3) is 0.529. The molecule has 0 spiro atoms. The molecule has 2 aliphatic rings. The Hall–Kier alpha value is -1.84. The van der Waals surface area contributed by atoms with Crippen LogP contribution in [-0.2, 0) is 15.0 Å². The van der Waals surface area contributed by atoms with Gasteiger partial charge in [-0.3, -0.25) is 9.59 Å². The lowest BCUT2D eigenvalue weighted by Crippen LogP contribution is -2.50. The average molecular weight is 287 g/mol. The summed E-state index contributed by atoms with van der Waals surface area (Å²) >= 11 is 0. The van der Waals surface area contributed by atoms with Gasteiger partial charge in [0.1, 0.15) is 0 Å². The molecule has 2 fully saturated rings. The molecule has 1 aromatic rings. The molecule has 0 bridgehead atoms. The van der Waals surface area contributed by atoms with Crippen LogP contribution in [0.5, 0.6) is 0 Å². The highest BCUT2D eigenvalue weighted by Gasteiger charge is 2.48. The van der Waals surface area contributed by atoms with Crippen molar-refractivity contribution in [1.82, 2.24) is 4.90 Å². The van der Waals surface area contributed by atoms with E-state index in [-0.39, 0.29) is 23.7 Å². The van der Waals surface area contributed by atoms with E-state index in [2.05, 4.69) is 0 Å². The highest BCUT2D eigenvalue weighted by atomic mass is 16.4. The molecule has 1 amide bonds. The highest BCUT2D eigenvalue weighted by Crippen LogP contribution is 2.45. The SMILES string of the molecule is O=C(O)CC1CCN(C(=O)C2(c3ccccc3)CCC2)C1. The second-order valence-electron chi connectivity index (χ2n) is 6.31. The van der Waals surface area contributed by atoms with Crippen LogP contribution in [0.4, 0.5) is 0 Å². The quantitative estimate of drug-likeness (QED) is 0.925. The van der Waals surface area contributed by atoms with E-state index in [4.69, 9.17) is 5.11 Å². The fourth-order valence-corrected chi connectivity index (χ4v) is 3.65.